The summed E-state index contributed by atoms with van der Waals surface area (Å²) in [6.07, 6.45) is -1.08. The molecule has 0 saturated heterocycles. The Balaban J connectivity index is 2.63. The summed E-state index contributed by atoms with van der Waals surface area (Å²) >= 11 is 6.04. The monoisotopic (exact) mass is 314 g/mol. The molecule has 0 heterocycles. The van der Waals surface area contributed by atoms with Gasteiger partial charge >= 0.3 is 0 Å². The predicted octanol–water partition coefficient (Wildman–Crippen LogP) is 0.687. The Kier molecular flexibility index (Phi) is 5.99. The summed E-state index contributed by atoms with van der Waals surface area (Å²) in [4.78, 5) is 22.8. The molecule has 0 spiro atoms. The number of nitrogens with one attached hydrogen (secondary N) is 1. The van der Waals surface area contributed by atoms with Crippen LogP contribution in [0.5, 0.6) is 5.75 Å². The van der Waals surface area contributed by atoms with Crippen molar-refractivity contribution in [3.05, 3.63) is 28.3 Å². The van der Waals surface area contributed by atoms with Gasteiger partial charge in [-0.2, -0.15) is 0 Å². The van der Waals surface area contributed by atoms with E-state index in [0.29, 0.717) is 10.8 Å². The molecule has 0 fully saturated rings. The van der Waals surface area contributed by atoms with Gasteiger partial charge in [0.1, 0.15) is 11.8 Å². The molecule has 0 bridgehead atoms. The normalized spacial score (nSPS) is 13.4. The molecule has 116 valence electrons. The van der Waals surface area contributed by atoms with Crippen molar-refractivity contribution >= 4 is 23.4 Å². The number of hydrogen-bond donors (Lipinski definition) is 3. The molecule has 0 saturated carbocycles. The summed E-state index contributed by atoms with van der Waals surface area (Å²) in [7, 11) is 0. The van der Waals surface area contributed by atoms with Crippen LogP contribution >= 0.6 is 11.6 Å². The highest BCUT2D eigenvalue weighted by molar-refractivity contribution is 6.32. The van der Waals surface area contributed by atoms with Crippen molar-refractivity contribution < 1.29 is 19.4 Å². The van der Waals surface area contributed by atoms with Crippen LogP contribution < -0.4 is 15.8 Å². The maximum atomic E-state index is 11.7. The Morgan fingerprint density at radius 1 is 1.38 bits per heavy atom. The quantitative estimate of drug-likeness (QED) is 0.719. The van der Waals surface area contributed by atoms with E-state index < -0.39 is 24.0 Å². The fraction of sp³-hybridized carbons (Fsp3) is 0.429. The number of aliphatic hydroxyl groups excluding tert-OH is 1. The molecular formula is C14H19ClN2O4. The fourth-order valence-corrected chi connectivity index (χ4v) is 1.89. The zero-order valence-corrected chi connectivity index (χ0v) is 12.9. The summed E-state index contributed by atoms with van der Waals surface area (Å²) in [6.45, 7) is 4.73. The minimum Gasteiger partial charge on any atom is -0.484 e. The number of halogens is 1. The topological polar surface area (TPSA) is 102 Å². The number of benzene rings is 1. The van der Waals surface area contributed by atoms with E-state index in [1.54, 1.807) is 12.1 Å². The SMILES string of the molecule is Cc1cc(OCC(=O)NC(C(N)=O)C(C)O)cc(C)c1Cl. The van der Waals surface area contributed by atoms with Crippen LogP contribution in [0.1, 0.15) is 18.1 Å². The number of ether oxygens (including phenoxy) is 1. The van der Waals surface area contributed by atoms with Gasteiger partial charge in [0, 0.05) is 5.02 Å². The molecule has 0 aromatic heterocycles. The third kappa shape index (κ3) is 4.91. The Morgan fingerprint density at radius 3 is 2.33 bits per heavy atom. The second kappa shape index (κ2) is 7.28. The highest BCUT2D eigenvalue weighted by Gasteiger charge is 2.23. The molecule has 21 heavy (non-hydrogen) atoms. The van der Waals surface area contributed by atoms with Gasteiger partial charge in [0.05, 0.1) is 6.10 Å². The maximum absolute atomic E-state index is 11.7. The lowest BCUT2D eigenvalue weighted by molar-refractivity contribution is -0.130. The number of amides is 2. The summed E-state index contributed by atoms with van der Waals surface area (Å²) in [6, 6.07) is 2.28. The molecular weight excluding hydrogens is 296 g/mol. The molecule has 4 N–H and O–H groups in total. The van der Waals surface area contributed by atoms with Gasteiger partial charge in [0.15, 0.2) is 6.61 Å². The van der Waals surface area contributed by atoms with Crippen molar-refractivity contribution in [1.29, 1.82) is 0 Å². The highest BCUT2D eigenvalue weighted by atomic mass is 35.5. The van der Waals surface area contributed by atoms with Crippen LogP contribution in [0.4, 0.5) is 0 Å². The molecule has 6 nitrogen and oxygen atoms in total. The first-order valence-corrected chi connectivity index (χ1v) is 6.76. The van der Waals surface area contributed by atoms with Crippen molar-refractivity contribution in [3.8, 4) is 5.75 Å². The first kappa shape index (κ1) is 17.3. The Hall–Kier alpha value is -1.79. The van der Waals surface area contributed by atoms with Gasteiger partial charge in [-0.3, -0.25) is 9.59 Å². The van der Waals surface area contributed by atoms with Gasteiger partial charge in [-0.15, -0.1) is 0 Å². The number of primary amides is 1. The number of aryl methyl sites for hydroxylation is 2. The van der Waals surface area contributed by atoms with Crippen LogP contribution in [0.25, 0.3) is 0 Å². The van der Waals surface area contributed by atoms with E-state index >= 15 is 0 Å². The van der Waals surface area contributed by atoms with Crippen LogP contribution in [-0.2, 0) is 9.59 Å². The average Bonchev–Trinajstić information content (AvgIpc) is 2.38. The second-order valence-corrected chi connectivity index (χ2v) is 5.23. The summed E-state index contributed by atoms with van der Waals surface area (Å²) in [5.41, 5.74) is 6.76. The van der Waals surface area contributed by atoms with E-state index in [1.807, 2.05) is 13.8 Å². The van der Waals surface area contributed by atoms with Crippen molar-refractivity contribution in [2.45, 2.75) is 32.9 Å². The Bertz CT molecular complexity index is 523. The lowest BCUT2D eigenvalue weighted by Crippen LogP contribution is -2.51. The maximum Gasteiger partial charge on any atom is 0.258 e. The third-order valence-electron chi connectivity index (χ3n) is 2.89. The summed E-state index contributed by atoms with van der Waals surface area (Å²) in [5, 5.41) is 12.3. The molecule has 1 aromatic carbocycles. The van der Waals surface area contributed by atoms with E-state index in [2.05, 4.69) is 5.32 Å². The van der Waals surface area contributed by atoms with Gasteiger partial charge in [0.25, 0.3) is 5.91 Å². The zero-order chi connectivity index (χ0) is 16.2. The zero-order valence-electron chi connectivity index (χ0n) is 12.1. The van der Waals surface area contributed by atoms with E-state index in [0.717, 1.165) is 11.1 Å². The highest BCUT2D eigenvalue weighted by Crippen LogP contribution is 2.25. The van der Waals surface area contributed by atoms with Gasteiger partial charge in [-0.25, -0.2) is 0 Å². The number of aliphatic hydroxyl groups is 1. The lowest BCUT2D eigenvalue weighted by atomic mass is 10.1. The van der Waals surface area contributed by atoms with Crippen LogP contribution in [0.15, 0.2) is 12.1 Å². The molecule has 1 aromatic rings. The average molecular weight is 315 g/mol. The van der Waals surface area contributed by atoms with Crippen molar-refractivity contribution in [2.24, 2.45) is 5.73 Å². The molecule has 2 unspecified atom stereocenters. The van der Waals surface area contributed by atoms with Crippen molar-refractivity contribution in [3.63, 3.8) is 0 Å². The molecule has 0 aliphatic carbocycles. The number of rotatable bonds is 6. The van der Waals surface area contributed by atoms with E-state index in [-0.39, 0.29) is 6.61 Å². The molecule has 7 heteroatoms. The van der Waals surface area contributed by atoms with Crippen LogP contribution in [0.3, 0.4) is 0 Å². The van der Waals surface area contributed by atoms with Crippen molar-refractivity contribution in [2.75, 3.05) is 6.61 Å². The number of nitrogens with two attached hydrogens (primary N) is 1. The minimum atomic E-state index is -1.14. The Morgan fingerprint density at radius 2 is 1.90 bits per heavy atom. The number of carbonyl (C=O) groups is 2. The van der Waals surface area contributed by atoms with E-state index in [4.69, 9.17) is 22.1 Å². The third-order valence-corrected chi connectivity index (χ3v) is 3.48. The minimum absolute atomic E-state index is 0.295. The molecule has 2 amide bonds. The molecule has 0 aliphatic heterocycles. The molecule has 0 radical (unpaired) electrons. The lowest BCUT2D eigenvalue weighted by Gasteiger charge is -2.18. The van der Waals surface area contributed by atoms with Gasteiger partial charge in [-0.1, -0.05) is 11.6 Å². The van der Waals surface area contributed by atoms with Crippen LogP contribution in [-0.4, -0.2) is 35.7 Å². The Labute approximate surface area is 128 Å². The van der Waals surface area contributed by atoms with E-state index in [9.17, 15) is 14.7 Å². The smallest absolute Gasteiger partial charge is 0.258 e. The second-order valence-electron chi connectivity index (χ2n) is 4.85. The molecule has 1 rings (SSSR count). The fourth-order valence-electron chi connectivity index (χ4n) is 1.78. The molecule has 0 aliphatic rings. The number of carbonyl (C=O) groups excluding carboxylic acids is 2. The van der Waals surface area contributed by atoms with Crippen LogP contribution in [0, 0.1) is 13.8 Å². The van der Waals surface area contributed by atoms with Gasteiger partial charge in [-0.05, 0) is 44.0 Å². The van der Waals surface area contributed by atoms with E-state index in [1.165, 1.54) is 6.92 Å². The summed E-state index contributed by atoms with van der Waals surface area (Å²) < 4.78 is 5.34. The van der Waals surface area contributed by atoms with Gasteiger partial charge < -0.3 is 20.9 Å². The first-order chi connectivity index (χ1) is 9.72. The van der Waals surface area contributed by atoms with Gasteiger partial charge in [0.2, 0.25) is 5.91 Å². The molecule has 2 atom stereocenters. The number of hydrogen-bond acceptors (Lipinski definition) is 4. The van der Waals surface area contributed by atoms with Crippen molar-refractivity contribution in [1.82, 2.24) is 5.32 Å². The standard InChI is InChI=1S/C14H19ClN2O4/c1-7-4-10(5-8(2)12(7)15)21-6-11(19)17-13(9(3)18)14(16)20/h4-5,9,13,18H,6H2,1-3H3,(H2,16,20)(H,17,19). The predicted molar refractivity (Wildman–Crippen MR) is 79.2 cm³/mol. The largest absolute Gasteiger partial charge is 0.484 e. The summed E-state index contributed by atoms with van der Waals surface area (Å²) in [5.74, 6) is -0.862. The first-order valence-electron chi connectivity index (χ1n) is 6.38. The van der Waals surface area contributed by atoms with Crippen LogP contribution in [0.2, 0.25) is 5.02 Å².